The van der Waals surface area contributed by atoms with Crippen molar-refractivity contribution < 1.29 is 4.79 Å². The third kappa shape index (κ3) is 4.95. The third-order valence-electron chi connectivity index (χ3n) is 5.61. The van der Waals surface area contributed by atoms with Crippen molar-refractivity contribution in [1.82, 2.24) is 0 Å². The summed E-state index contributed by atoms with van der Waals surface area (Å²) in [6, 6.07) is 23.8. The molecule has 3 nitrogen and oxygen atoms in total. The zero-order valence-corrected chi connectivity index (χ0v) is 19.1. The van der Waals surface area contributed by atoms with Gasteiger partial charge in [-0.2, -0.15) is 5.26 Å². The van der Waals surface area contributed by atoms with E-state index in [2.05, 4.69) is 48.2 Å². The summed E-state index contributed by atoms with van der Waals surface area (Å²) in [5.41, 5.74) is 4.63. The zero-order chi connectivity index (χ0) is 22.3. The topological polar surface area (TPSA) is 44.1 Å². The minimum Gasteiger partial charge on any atom is -0.340 e. The van der Waals surface area contributed by atoms with Crippen LogP contribution in [0.1, 0.15) is 54.1 Å². The number of unbranched alkanes of at least 4 members (excludes halogenated alkanes) is 3. The molecule has 1 heterocycles. The lowest BCUT2D eigenvalue weighted by atomic mass is 10.1. The van der Waals surface area contributed by atoms with E-state index in [1.54, 1.807) is 36.0 Å². The summed E-state index contributed by atoms with van der Waals surface area (Å²) in [7, 11) is 0. The van der Waals surface area contributed by atoms with E-state index in [-0.39, 0.29) is 5.78 Å². The second kappa shape index (κ2) is 10.3. The first-order chi connectivity index (χ1) is 15.7. The molecule has 4 rings (SSSR count). The summed E-state index contributed by atoms with van der Waals surface area (Å²) in [6.07, 6.45) is 8.27. The second-order valence-corrected chi connectivity index (χ2v) is 8.98. The minimum atomic E-state index is -0.0221. The van der Waals surface area contributed by atoms with Gasteiger partial charge in [-0.25, -0.2) is 0 Å². The lowest BCUT2D eigenvalue weighted by Gasteiger charge is -2.33. The Morgan fingerprint density at radius 3 is 2.53 bits per heavy atom. The monoisotopic (exact) mass is 438 g/mol. The van der Waals surface area contributed by atoms with E-state index in [4.69, 9.17) is 5.26 Å². The number of para-hydroxylation sites is 1. The molecule has 0 bridgehead atoms. The van der Waals surface area contributed by atoms with E-state index in [0.29, 0.717) is 11.1 Å². The van der Waals surface area contributed by atoms with Crippen molar-refractivity contribution in [2.24, 2.45) is 0 Å². The Labute approximate surface area is 194 Å². The Morgan fingerprint density at radius 1 is 0.969 bits per heavy atom. The van der Waals surface area contributed by atoms with Gasteiger partial charge in [-0.1, -0.05) is 68.3 Å². The molecule has 0 fully saturated rings. The number of hydrogen-bond donors (Lipinski definition) is 0. The van der Waals surface area contributed by atoms with Crippen LogP contribution in [-0.4, -0.2) is 12.3 Å². The number of hydrogen-bond acceptors (Lipinski definition) is 4. The molecule has 0 spiro atoms. The predicted molar refractivity (Wildman–Crippen MR) is 133 cm³/mol. The lowest BCUT2D eigenvalue weighted by molar-refractivity contribution is 0.104. The first kappa shape index (κ1) is 21.9. The zero-order valence-electron chi connectivity index (χ0n) is 18.3. The molecule has 32 heavy (non-hydrogen) atoms. The summed E-state index contributed by atoms with van der Waals surface area (Å²) in [5.74, 6) is -0.0221. The van der Waals surface area contributed by atoms with Gasteiger partial charge in [0, 0.05) is 21.9 Å². The smallest absolute Gasteiger partial charge is 0.185 e. The number of benzene rings is 3. The van der Waals surface area contributed by atoms with Gasteiger partial charge < -0.3 is 4.90 Å². The molecule has 0 aromatic heterocycles. The molecule has 0 atom stereocenters. The van der Waals surface area contributed by atoms with Crippen LogP contribution in [0.3, 0.4) is 0 Å². The van der Waals surface area contributed by atoms with Crippen molar-refractivity contribution in [2.75, 3.05) is 11.4 Å². The summed E-state index contributed by atoms with van der Waals surface area (Å²) in [5, 5.41) is 8.92. The molecule has 3 aromatic carbocycles. The number of nitrogens with zero attached hydrogens (tertiary/aromatic N) is 2. The molecule has 0 saturated heterocycles. The highest BCUT2D eigenvalue weighted by molar-refractivity contribution is 7.99. The van der Waals surface area contributed by atoms with Crippen molar-refractivity contribution >= 4 is 35.0 Å². The molecular formula is C28H26N2OS. The van der Waals surface area contributed by atoms with Crippen LogP contribution in [0, 0.1) is 11.3 Å². The Balaban J connectivity index is 1.56. The van der Waals surface area contributed by atoms with Crippen molar-refractivity contribution in [2.45, 2.75) is 42.4 Å². The molecule has 0 radical (unpaired) electrons. The summed E-state index contributed by atoms with van der Waals surface area (Å²) in [4.78, 5) is 17.6. The molecule has 3 aromatic rings. The highest BCUT2D eigenvalue weighted by Gasteiger charge is 2.23. The lowest BCUT2D eigenvalue weighted by Crippen LogP contribution is -2.22. The molecule has 1 aliphatic heterocycles. The maximum Gasteiger partial charge on any atom is 0.185 e. The summed E-state index contributed by atoms with van der Waals surface area (Å²) in [6.45, 7) is 3.22. The number of fused-ring (bicyclic) bond motifs is 2. The molecule has 4 heteroatoms. The van der Waals surface area contributed by atoms with Gasteiger partial charge in [0.1, 0.15) is 0 Å². The highest BCUT2D eigenvalue weighted by Crippen LogP contribution is 2.48. The van der Waals surface area contributed by atoms with E-state index in [1.807, 2.05) is 24.3 Å². The number of nitriles is 1. The molecule has 0 aliphatic carbocycles. The Hall–Kier alpha value is -3.29. The summed E-state index contributed by atoms with van der Waals surface area (Å²) < 4.78 is 0. The quantitative estimate of drug-likeness (QED) is 0.206. The maximum atomic E-state index is 12.8. The fourth-order valence-electron chi connectivity index (χ4n) is 3.86. The number of carbonyl (C=O) groups excluding carboxylic acids is 1. The van der Waals surface area contributed by atoms with Gasteiger partial charge in [0.2, 0.25) is 0 Å². The van der Waals surface area contributed by atoms with Crippen molar-refractivity contribution in [3.05, 3.63) is 89.5 Å². The number of rotatable bonds is 8. The molecule has 0 unspecified atom stereocenters. The Bertz CT molecular complexity index is 1170. The van der Waals surface area contributed by atoms with Crippen molar-refractivity contribution in [3.63, 3.8) is 0 Å². The van der Waals surface area contributed by atoms with E-state index in [1.165, 1.54) is 35.5 Å². The predicted octanol–water partition coefficient (Wildman–Crippen LogP) is 7.64. The number of anilines is 2. The van der Waals surface area contributed by atoms with Gasteiger partial charge in [0.05, 0.1) is 23.0 Å². The van der Waals surface area contributed by atoms with E-state index in [9.17, 15) is 4.79 Å². The van der Waals surface area contributed by atoms with Gasteiger partial charge >= 0.3 is 0 Å². The van der Waals surface area contributed by atoms with Crippen LogP contribution in [0.2, 0.25) is 0 Å². The first-order valence-electron chi connectivity index (χ1n) is 11.1. The largest absolute Gasteiger partial charge is 0.340 e. The maximum absolute atomic E-state index is 12.8. The molecule has 0 amide bonds. The van der Waals surface area contributed by atoms with Crippen molar-refractivity contribution in [3.8, 4) is 6.07 Å². The minimum absolute atomic E-state index is 0.0221. The first-order valence-corrected chi connectivity index (χ1v) is 11.9. The van der Waals surface area contributed by atoms with Crippen molar-refractivity contribution in [1.29, 1.82) is 5.26 Å². The summed E-state index contributed by atoms with van der Waals surface area (Å²) >= 11 is 1.73. The second-order valence-electron chi connectivity index (χ2n) is 7.90. The van der Waals surface area contributed by atoms with E-state index >= 15 is 0 Å². The van der Waals surface area contributed by atoms with Gasteiger partial charge in [0.25, 0.3) is 0 Å². The molecule has 0 saturated carbocycles. The average Bonchev–Trinajstić information content (AvgIpc) is 2.84. The van der Waals surface area contributed by atoms with Crippen LogP contribution >= 0.6 is 11.8 Å². The van der Waals surface area contributed by atoms with Gasteiger partial charge in [-0.05, 0) is 60.5 Å². The van der Waals surface area contributed by atoms with Gasteiger partial charge in [-0.3, -0.25) is 4.79 Å². The van der Waals surface area contributed by atoms with Gasteiger partial charge in [-0.15, -0.1) is 0 Å². The van der Waals surface area contributed by atoms with Crippen LogP contribution < -0.4 is 4.90 Å². The van der Waals surface area contributed by atoms with Crippen LogP contribution in [0.25, 0.3) is 6.08 Å². The standard InChI is InChI=1S/C28H26N2OS/c1-2-3-4-7-18-30-24-8-5-6-9-27(24)32-28-19-23(15-16-25(28)30)26(31)17-14-21-10-12-22(20-29)13-11-21/h5-6,8-17,19H,2-4,7,18H2,1H3/b17-14+. The number of allylic oxidation sites excluding steroid dienone is 1. The fraction of sp³-hybridized carbons (Fsp3) is 0.214. The number of carbonyl (C=O) groups is 1. The SMILES string of the molecule is CCCCCCN1c2ccccc2Sc2cc(C(=O)/C=C/c3ccc(C#N)cc3)ccc21. The fourth-order valence-corrected chi connectivity index (χ4v) is 5.00. The number of ketones is 1. The molecule has 0 N–H and O–H groups in total. The van der Waals surface area contributed by atoms with E-state index < -0.39 is 0 Å². The molecule has 160 valence electrons. The third-order valence-corrected chi connectivity index (χ3v) is 6.73. The normalized spacial score (nSPS) is 12.3. The Morgan fingerprint density at radius 2 is 1.75 bits per heavy atom. The Kier molecular flexibility index (Phi) is 7.09. The van der Waals surface area contributed by atoms with Gasteiger partial charge in [0.15, 0.2) is 5.78 Å². The average molecular weight is 439 g/mol. The van der Waals surface area contributed by atoms with E-state index in [0.717, 1.165) is 23.4 Å². The molecular weight excluding hydrogens is 412 g/mol. The molecule has 1 aliphatic rings. The van der Waals surface area contributed by atoms with Crippen LogP contribution in [0.5, 0.6) is 0 Å². The van der Waals surface area contributed by atoms with Crippen LogP contribution in [0.15, 0.2) is 82.6 Å². The van der Waals surface area contributed by atoms with Crippen LogP contribution in [0.4, 0.5) is 11.4 Å². The highest BCUT2D eigenvalue weighted by atomic mass is 32.2. The van der Waals surface area contributed by atoms with Crippen LogP contribution in [-0.2, 0) is 0 Å².